The number of amidine groups is 2. The molecule has 0 radical (unpaired) electrons. The number of nitrogens with one attached hydrogen (secondary N) is 1. The van der Waals surface area contributed by atoms with E-state index >= 15 is 0 Å². The highest BCUT2D eigenvalue weighted by Gasteiger charge is 2.24. The first-order valence-corrected chi connectivity index (χ1v) is 17.3. The molecule has 0 amide bonds. The molecule has 0 bridgehead atoms. The lowest BCUT2D eigenvalue weighted by Gasteiger charge is -2.24. The fourth-order valence-electron chi connectivity index (χ4n) is 7.46. The van der Waals surface area contributed by atoms with Crippen molar-refractivity contribution in [3.05, 3.63) is 193 Å². The summed E-state index contributed by atoms with van der Waals surface area (Å²) in [6, 6.07) is 61.7. The second kappa shape index (κ2) is 12.0. The van der Waals surface area contributed by atoms with Gasteiger partial charge in [0.15, 0.2) is 5.84 Å². The van der Waals surface area contributed by atoms with E-state index in [1.807, 2.05) is 36.4 Å². The molecule has 0 fully saturated rings. The maximum absolute atomic E-state index is 6.70. The third kappa shape index (κ3) is 5.08. The van der Waals surface area contributed by atoms with Crippen LogP contribution in [0.4, 0.5) is 0 Å². The summed E-state index contributed by atoms with van der Waals surface area (Å²) < 4.78 is 6.70. The molecule has 1 aliphatic rings. The molecule has 1 aromatic heterocycles. The molecule has 1 aliphatic heterocycles. The fraction of sp³-hybridized carbons (Fsp3) is 0.0213. The molecule has 0 saturated carbocycles. The first-order chi connectivity index (χ1) is 25.3. The lowest BCUT2D eigenvalue weighted by Crippen LogP contribution is -2.33. The highest BCUT2D eigenvalue weighted by molar-refractivity contribution is 6.24. The van der Waals surface area contributed by atoms with Gasteiger partial charge in [0.2, 0.25) is 0 Å². The van der Waals surface area contributed by atoms with E-state index in [9.17, 15) is 0 Å². The minimum atomic E-state index is -0.298. The normalized spacial score (nSPS) is 14.5. The van der Waals surface area contributed by atoms with Crippen LogP contribution in [0.2, 0.25) is 0 Å². The quantitative estimate of drug-likeness (QED) is 0.201. The number of nitrogens with zero attached hydrogens (tertiary/aromatic N) is 2. The van der Waals surface area contributed by atoms with Gasteiger partial charge in [-0.1, -0.05) is 158 Å². The number of rotatable bonds is 5. The molecule has 1 N–H and O–H groups in total. The van der Waals surface area contributed by atoms with Crippen molar-refractivity contribution in [2.75, 3.05) is 0 Å². The van der Waals surface area contributed by atoms with Gasteiger partial charge < -0.3 is 9.73 Å². The maximum atomic E-state index is 6.70. The van der Waals surface area contributed by atoms with E-state index in [0.717, 1.165) is 55.6 Å². The zero-order valence-corrected chi connectivity index (χ0v) is 27.6. The predicted molar refractivity (Wildman–Crippen MR) is 211 cm³/mol. The monoisotopic (exact) mass is 653 g/mol. The zero-order valence-electron chi connectivity index (χ0n) is 27.6. The van der Waals surface area contributed by atoms with Crippen molar-refractivity contribution >= 4 is 55.2 Å². The first-order valence-electron chi connectivity index (χ1n) is 17.3. The number of hydrogen-bond donors (Lipinski definition) is 1. The summed E-state index contributed by atoms with van der Waals surface area (Å²) in [5.41, 5.74) is 9.21. The highest BCUT2D eigenvalue weighted by atomic mass is 16.3. The minimum absolute atomic E-state index is 0.298. The Hall–Kier alpha value is -6.78. The highest BCUT2D eigenvalue weighted by Crippen LogP contribution is 2.42. The van der Waals surface area contributed by atoms with Crippen LogP contribution < -0.4 is 5.32 Å². The Balaban J connectivity index is 1.20. The molecule has 1 unspecified atom stereocenters. The second-order valence-corrected chi connectivity index (χ2v) is 13.0. The summed E-state index contributed by atoms with van der Waals surface area (Å²) in [6.45, 7) is 0. The molecule has 4 nitrogen and oxygen atoms in total. The molecule has 0 saturated heterocycles. The number of benzene rings is 8. The summed E-state index contributed by atoms with van der Waals surface area (Å²) >= 11 is 0. The van der Waals surface area contributed by atoms with E-state index in [2.05, 4.69) is 145 Å². The topological polar surface area (TPSA) is 49.9 Å². The van der Waals surface area contributed by atoms with Crippen molar-refractivity contribution in [2.24, 2.45) is 9.98 Å². The van der Waals surface area contributed by atoms with Gasteiger partial charge in [0, 0.05) is 21.9 Å². The van der Waals surface area contributed by atoms with Crippen LogP contribution in [-0.4, -0.2) is 11.7 Å². The Labute approximate surface area is 295 Å². The smallest absolute Gasteiger partial charge is 0.159 e. The van der Waals surface area contributed by atoms with Crippen molar-refractivity contribution in [1.82, 2.24) is 5.32 Å². The summed E-state index contributed by atoms with van der Waals surface area (Å²) in [5, 5.41) is 10.6. The van der Waals surface area contributed by atoms with Crippen molar-refractivity contribution in [3.8, 4) is 22.3 Å². The summed E-state index contributed by atoms with van der Waals surface area (Å²) in [7, 11) is 0. The zero-order chi connectivity index (χ0) is 33.7. The largest absolute Gasteiger partial charge is 0.456 e. The van der Waals surface area contributed by atoms with Gasteiger partial charge in [-0.3, -0.25) is 0 Å². The molecule has 9 aromatic rings. The van der Waals surface area contributed by atoms with Gasteiger partial charge in [0.25, 0.3) is 0 Å². The predicted octanol–water partition coefficient (Wildman–Crippen LogP) is 11.7. The average molecular weight is 654 g/mol. The van der Waals surface area contributed by atoms with Crippen LogP contribution >= 0.6 is 0 Å². The van der Waals surface area contributed by atoms with E-state index in [1.165, 1.54) is 32.7 Å². The second-order valence-electron chi connectivity index (χ2n) is 13.0. The standard InChI is InChI=1S/C47H31N3O/c1-3-14-34(15-4-1)45-48-46(35-16-5-2-6-17-35)50-47(49-45)36-28-40(44-42(29-36)51-41-27-26-31-13-8-10-20-39(31)43(41)44)33-24-22-32(23-25-33)38-21-11-18-30-12-7-9-19-37(30)38/h1-29,45H,(H,48,49,50). The van der Waals surface area contributed by atoms with Crippen molar-refractivity contribution in [2.45, 2.75) is 6.17 Å². The number of aliphatic imine (C=N–C) groups is 2. The molecule has 0 spiro atoms. The molecule has 1 atom stereocenters. The van der Waals surface area contributed by atoms with E-state index in [0.29, 0.717) is 5.84 Å². The van der Waals surface area contributed by atoms with Crippen LogP contribution in [0.15, 0.2) is 190 Å². The third-order valence-electron chi connectivity index (χ3n) is 9.92. The van der Waals surface area contributed by atoms with E-state index in [4.69, 9.17) is 14.4 Å². The Kier molecular flexibility index (Phi) is 6.85. The van der Waals surface area contributed by atoms with Gasteiger partial charge in [-0.15, -0.1) is 0 Å². The summed E-state index contributed by atoms with van der Waals surface area (Å²) in [6.07, 6.45) is -0.298. The lowest BCUT2D eigenvalue weighted by atomic mass is 9.92. The van der Waals surface area contributed by atoms with Crippen LogP contribution in [0.3, 0.4) is 0 Å². The third-order valence-corrected chi connectivity index (χ3v) is 9.92. The van der Waals surface area contributed by atoms with Gasteiger partial charge in [0.1, 0.15) is 23.2 Å². The summed E-state index contributed by atoms with van der Waals surface area (Å²) in [5.74, 6) is 1.44. The lowest BCUT2D eigenvalue weighted by molar-refractivity contribution is 0.668. The molecule has 51 heavy (non-hydrogen) atoms. The average Bonchev–Trinajstić information content (AvgIpc) is 3.60. The van der Waals surface area contributed by atoms with E-state index < -0.39 is 0 Å². The molecular weight excluding hydrogens is 623 g/mol. The molecule has 2 heterocycles. The molecule has 0 aliphatic carbocycles. The SMILES string of the molecule is c1ccc(C2=NC(c3cc(-c4ccc(-c5cccc6ccccc56)cc4)c4c(c3)oc3ccc5ccccc5c34)=NC(c3ccccc3)N2)cc1. The van der Waals surface area contributed by atoms with Crippen LogP contribution in [0.25, 0.3) is 65.7 Å². The van der Waals surface area contributed by atoms with Gasteiger partial charge in [-0.25, -0.2) is 9.98 Å². The van der Waals surface area contributed by atoms with Gasteiger partial charge in [0.05, 0.1) is 0 Å². The van der Waals surface area contributed by atoms with Crippen LogP contribution in [0.1, 0.15) is 22.9 Å². The first kappa shape index (κ1) is 29.2. The number of hydrogen-bond acceptors (Lipinski definition) is 4. The maximum Gasteiger partial charge on any atom is 0.159 e. The Morgan fingerprint density at radius 1 is 0.451 bits per heavy atom. The molecule has 240 valence electrons. The van der Waals surface area contributed by atoms with Crippen molar-refractivity contribution < 1.29 is 4.42 Å². The molecular formula is C47H31N3O. The summed E-state index contributed by atoms with van der Waals surface area (Å²) in [4.78, 5) is 10.3. The van der Waals surface area contributed by atoms with Crippen LogP contribution in [0, 0.1) is 0 Å². The van der Waals surface area contributed by atoms with Gasteiger partial charge in [-0.2, -0.15) is 0 Å². The molecule has 4 heteroatoms. The Bertz CT molecular complexity index is 2810. The minimum Gasteiger partial charge on any atom is -0.456 e. The number of furan rings is 1. The van der Waals surface area contributed by atoms with Crippen molar-refractivity contribution in [3.63, 3.8) is 0 Å². The Morgan fingerprint density at radius 3 is 1.88 bits per heavy atom. The van der Waals surface area contributed by atoms with Crippen LogP contribution in [-0.2, 0) is 0 Å². The van der Waals surface area contributed by atoms with Gasteiger partial charge >= 0.3 is 0 Å². The molecule has 10 rings (SSSR count). The van der Waals surface area contributed by atoms with E-state index in [1.54, 1.807) is 0 Å². The fourth-order valence-corrected chi connectivity index (χ4v) is 7.46. The Morgan fingerprint density at radius 2 is 1.10 bits per heavy atom. The number of fused-ring (bicyclic) bond motifs is 6. The van der Waals surface area contributed by atoms with E-state index in [-0.39, 0.29) is 6.17 Å². The van der Waals surface area contributed by atoms with Crippen molar-refractivity contribution in [1.29, 1.82) is 0 Å². The molecule has 8 aromatic carbocycles. The van der Waals surface area contributed by atoms with Gasteiger partial charge in [-0.05, 0) is 67.6 Å². The van der Waals surface area contributed by atoms with Crippen LogP contribution in [0.5, 0.6) is 0 Å².